The molecule has 1 aromatic rings. The average Bonchev–Trinajstić information content (AvgIpc) is 2.39. The van der Waals surface area contributed by atoms with Gasteiger partial charge in [0.2, 0.25) is 0 Å². The lowest BCUT2D eigenvalue weighted by Crippen LogP contribution is -2.27. The maximum atomic E-state index is 5.81. The molecule has 1 rings (SSSR count). The van der Waals surface area contributed by atoms with E-state index in [0.29, 0.717) is 12.5 Å². The second-order valence-electron chi connectivity index (χ2n) is 4.64. The highest BCUT2D eigenvalue weighted by molar-refractivity contribution is 9.10. The minimum absolute atomic E-state index is 0.688. The fraction of sp³-hybridized carbons (Fsp3) is 0.600. The Morgan fingerprint density at radius 1 is 1.37 bits per heavy atom. The maximum absolute atomic E-state index is 5.81. The van der Waals surface area contributed by atoms with Gasteiger partial charge in [0.05, 0.1) is 0 Å². The predicted molar refractivity (Wildman–Crippen MR) is 86.2 cm³/mol. The quantitative estimate of drug-likeness (QED) is 0.498. The van der Waals surface area contributed by atoms with Gasteiger partial charge in [-0.3, -0.25) is 0 Å². The number of rotatable bonds is 10. The fourth-order valence-corrected chi connectivity index (χ4v) is 2.70. The van der Waals surface area contributed by atoms with Crippen LogP contribution < -0.4 is 10.1 Å². The van der Waals surface area contributed by atoms with Gasteiger partial charge in [0, 0.05) is 16.9 Å². The standard InChI is InChI=1S/C15H23BrClNO/c1-2-4-13(7-8-17)12-18-9-10-19-15-6-3-5-14(16)11-15/h3,5-6,11,13,18H,2,4,7-10,12H2,1H3. The van der Waals surface area contributed by atoms with Gasteiger partial charge in [0.15, 0.2) is 0 Å². The predicted octanol–water partition coefficient (Wildman–Crippen LogP) is 4.46. The van der Waals surface area contributed by atoms with Crippen LogP contribution in [0.15, 0.2) is 28.7 Å². The summed E-state index contributed by atoms with van der Waals surface area (Å²) in [6.45, 7) is 4.81. The van der Waals surface area contributed by atoms with E-state index in [1.807, 2.05) is 24.3 Å². The van der Waals surface area contributed by atoms with Crippen molar-refractivity contribution < 1.29 is 4.74 Å². The molecule has 19 heavy (non-hydrogen) atoms. The minimum atomic E-state index is 0.688. The average molecular weight is 349 g/mol. The molecule has 1 atom stereocenters. The second-order valence-corrected chi connectivity index (χ2v) is 5.94. The molecule has 0 aromatic heterocycles. The molecule has 4 heteroatoms. The van der Waals surface area contributed by atoms with Crippen molar-refractivity contribution in [2.75, 3.05) is 25.6 Å². The molecule has 0 spiro atoms. The SMILES string of the molecule is CCCC(CCCl)CNCCOc1cccc(Br)c1. The van der Waals surface area contributed by atoms with E-state index in [9.17, 15) is 0 Å². The van der Waals surface area contributed by atoms with Crippen LogP contribution >= 0.6 is 27.5 Å². The van der Waals surface area contributed by atoms with Gasteiger partial charge in [-0.05, 0) is 43.5 Å². The van der Waals surface area contributed by atoms with Crippen LogP contribution in [-0.4, -0.2) is 25.6 Å². The number of hydrogen-bond donors (Lipinski definition) is 1. The van der Waals surface area contributed by atoms with Crippen molar-refractivity contribution >= 4 is 27.5 Å². The Bertz CT molecular complexity index is 343. The lowest BCUT2D eigenvalue weighted by molar-refractivity contribution is 0.306. The van der Waals surface area contributed by atoms with Gasteiger partial charge < -0.3 is 10.1 Å². The molecule has 0 saturated heterocycles. The van der Waals surface area contributed by atoms with Crippen LogP contribution in [0.5, 0.6) is 5.75 Å². The first-order valence-corrected chi connectivity index (χ1v) is 8.24. The smallest absolute Gasteiger partial charge is 0.120 e. The number of benzene rings is 1. The number of ether oxygens (including phenoxy) is 1. The number of nitrogens with one attached hydrogen (secondary N) is 1. The Labute approximate surface area is 130 Å². The molecule has 0 fully saturated rings. The summed E-state index contributed by atoms with van der Waals surface area (Å²) in [5.74, 6) is 2.34. The molecule has 0 aliphatic rings. The molecular formula is C15H23BrClNO. The lowest BCUT2D eigenvalue weighted by Gasteiger charge is -2.15. The molecule has 1 N–H and O–H groups in total. The van der Waals surface area contributed by atoms with Crippen LogP contribution in [0.3, 0.4) is 0 Å². The van der Waals surface area contributed by atoms with Crippen molar-refractivity contribution in [3.05, 3.63) is 28.7 Å². The Morgan fingerprint density at radius 2 is 2.21 bits per heavy atom. The summed E-state index contributed by atoms with van der Waals surface area (Å²) in [4.78, 5) is 0. The van der Waals surface area contributed by atoms with E-state index in [1.54, 1.807) is 0 Å². The van der Waals surface area contributed by atoms with E-state index < -0.39 is 0 Å². The third-order valence-corrected chi connectivity index (χ3v) is 3.70. The zero-order valence-electron chi connectivity index (χ0n) is 11.5. The monoisotopic (exact) mass is 347 g/mol. The second kappa shape index (κ2) is 10.5. The van der Waals surface area contributed by atoms with Gasteiger partial charge in [-0.25, -0.2) is 0 Å². The van der Waals surface area contributed by atoms with Crippen molar-refractivity contribution in [3.63, 3.8) is 0 Å². The van der Waals surface area contributed by atoms with Gasteiger partial charge in [0.25, 0.3) is 0 Å². The van der Waals surface area contributed by atoms with E-state index in [2.05, 4.69) is 28.2 Å². The Kier molecular flexibility index (Phi) is 9.31. The molecule has 0 radical (unpaired) electrons. The lowest BCUT2D eigenvalue weighted by atomic mass is 10.0. The van der Waals surface area contributed by atoms with Crippen molar-refractivity contribution in [1.29, 1.82) is 0 Å². The zero-order valence-corrected chi connectivity index (χ0v) is 13.8. The highest BCUT2D eigenvalue weighted by Gasteiger charge is 2.06. The first kappa shape index (κ1) is 16.8. The van der Waals surface area contributed by atoms with Crippen LogP contribution in [0.1, 0.15) is 26.2 Å². The summed E-state index contributed by atoms with van der Waals surface area (Å²) in [5, 5.41) is 3.44. The van der Waals surface area contributed by atoms with Gasteiger partial charge in [0.1, 0.15) is 12.4 Å². The van der Waals surface area contributed by atoms with Crippen molar-refractivity contribution in [2.45, 2.75) is 26.2 Å². The van der Waals surface area contributed by atoms with Crippen LogP contribution in [0.2, 0.25) is 0 Å². The van der Waals surface area contributed by atoms with Crippen LogP contribution in [0.4, 0.5) is 0 Å². The molecule has 0 aliphatic heterocycles. The zero-order chi connectivity index (χ0) is 13.9. The van der Waals surface area contributed by atoms with Gasteiger partial charge >= 0.3 is 0 Å². The van der Waals surface area contributed by atoms with E-state index >= 15 is 0 Å². The highest BCUT2D eigenvalue weighted by Crippen LogP contribution is 2.17. The molecule has 0 bridgehead atoms. The van der Waals surface area contributed by atoms with E-state index in [0.717, 1.165) is 35.6 Å². The normalized spacial score (nSPS) is 12.4. The van der Waals surface area contributed by atoms with Crippen molar-refractivity contribution in [2.24, 2.45) is 5.92 Å². The Balaban J connectivity index is 2.13. The largest absolute Gasteiger partial charge is 0.492 e. The van der Waals surface area contributed by atoms with Gasteiger partial charge in [-0.1, -0.05) is 35.3 Å². The number of hydrogen-bond acceptors (Lipinski definition) is 2. The minimum Gasteiger partial charge on any atom is -0.492 e. The third kappa shape index (κ3) is 7.81. The summed E-state index contributed by atoms with van der Waals surface area (Å²) >= 11 is 9.24. The molecule has 108 valence electrons. The Hall–Kier alpha value is -0.250. The van der Waals surface area contributed by atoms with E-state index in [1.165, 1.54) is 12.8 Å². The summed E-state index contributed by atoms with van der Waals surface area (Å²) in [6, 6.07) is 7.92. The van der Waals surface area contributed by atoms with Gasteiger partial charge in [-0.15, -0.1) is 11.6 Å². The van der Waals surface area contributed by atoms with E-state index in [4.69, 9.17) is 16.3 Å². The molecular weight excluding hydrogens is 326 g/mol. The number of alkyl halides is 1. The molecule has 0 saturated carbocycles. The van der Waals surface area contributed by atoms with Crippen LogP contribution in [0, 0.1) is 5.92 Å². The summed E-state index contributed by atoms with van der Waals surface area (Å²) in [6.07, 6.45) is 3.55. The number of halogens is 2. The highest BCUT2D eigenvalue weighted by atomic mass is 79.9. The summed E-state index contributed by atoms with van der Waals surface area (Å²) in [5.41, 5.74) is 0. The topological polar surface area (TPSA) is 21.3 Å². The molecule has 1 unspecified atom stereocenters. The first-order chi connectivity index (χ1) is 9.26. The maximum Gasteiger partial charge on any atom is 0.120 e. The van der Waals surface area contributed by atoms with Crippen LogP contribution in [0.25, 0.3) is 0 Å². The molecule has 0 amide bonds. The Morgan fingerprint density at radius 3 is 2.89 bits per heavy atom. The molecule has 0 aliphatic carbocycles. The summed E-state index contributed by atoms with van der Waals surface area (Å²) < 4.78 is 6.71. The van der Waals surface area contributed by atoms with E-state index in [-0.39, 0.29) is 0 Å². The first-order valence-electron chi connectivity index (χ1n) is 6.91. The van der Waals surface area contributed by atoms with Crippen molar-refractivity contribution in [3.8, 4) is 5.75 Å². The molecule has 0 heterocycles. The fourth-order valence-electron chi connectivity index (χ4n) is 2.02. The van der Waals surface area contributed by atoms with Gasteiger partial charge in [-0.2, -0.15) is 0 Å². The van der Waals surface area contributed by atoms with Crippen molar-refractivity contribution in [1.82, 2.24) is 5.32 Å². The third-order valence-electron chi connectivity index (χ3n) is 2.99. The molecule has 1 aromatic carbocycles. The van der Waals surface area contributed by atoms with Crippen LogP contribution in [-0.2, 0) is 0 Å². The summed E-state index contributed by atoms with van der Waals surface area (Å²) in [7, 11) is 0. The molecule has 2 nitrogen and oxygen atoms in total.